The first-order valence-corrected chi connectivity index (χ1v) is 8.20. The van der Waals surface area contributed by atoms with Gasteiger partial charge in [-0.1, -0.05) is 38.9 Å². The highest BCUT2D eigenvalue weighted by Crippen LogP contribution is 2.20. The van der Waals surface area contributed by atoms with E-state index >= 15 is 0 Å². The number of anilines is 1. The molecule has 1 aromatic heterocycles. The molecule has 0 bridgehead atoms. The maximum atomic E-state index is 12.4. The number of carbonyl (C=O) groups is 1. The van der Waals surface area contributed by atoms with Crippen molar-refractivity contribution in [1.82, 2.24) is 0 Å². The fourth-order valence-corrected chi connectivity index (χ4v) is 2.94. The Hall–Kier alpha value is -2.86. The maximum absolute atomic E-state index is 12.4. The van der Waals surface area contributed by atoms with E-state index in [2.05, 4.69) is 5.32 Å². The lowest BCUT2D eigenvalue weighted by atomic mass is 10.2. The van der Waals surface area contributed by atoms with Gasteiger partial charge < -0.3 is 15.5 Å². The van der Waals surface area contributed by atoms with Crippen molar-refractivity contribution in [3.63, 3.8) is 0 Å². The number of nitrogens with zero attached hydrogens (tertiary/aromatic N) is 2. The topological polar surface area (TPSA) is 77.3 Å². The van der Waals surface area contributed by atoms with Crippen molar-refractivity contribution in [3.05, 3.63) is 53.6 Å². The Kier molecular flexibility index (Phi) is 4.72. The van der Waals surface area contributed by atoms with Crippen LogP contribution in [0.15, 0.2) is 48.5 Å². The van der Waals surface area contributed by atoms with Gasteiger partial charge in [0.2, 0.25) is 12.1 Å². The van der Waals surface area contributed by atoms with Gasteiger partial charge in [-0.2, -0.15) is 0 Å². The van der Waals surface area contributed by atoms with Crippen LogP contribution in [0.3, 0.4) is 0 Å². The van der Waals surface area contributed by atoms with Gasteiger partial charge in [0, 0.05) is 16.8 Å². The first-order chi connectivity index (χ1) is 12.0. The van der Waals surface area contributed by atoms with Gasteiger partial charge in [0.25, 0.3) is 5.91 Å². The van der Waals surface area contributed by atoms with E-state index in [1.807, 2.05) is 0 Å². The summed E-state index contributed by atoms with van der Waals surface area (Å²) < 4.78 is 2.80. The summed E-state index contributed by atoms with van der Waals surface area (Å²) in [5.41, 5.74) is 1.13. The molecule has 3 N–H and O–H groups in total. The summed E-state index contributed by atoms with van der Waals surface area (Å²) in [6.45, 7) is 2.04. The highest BCUT2D eigenvalue weighted by molar-refractivity contribution is 6.30. The van der Waals surface area contributed by atoms with E-state index in [1.54, 1.807) is 55.5 Å². The van der Waals surface area contributed by atoms with Crippen LogP contribution in [0.25, 0.3) is 10.9 Å². The number of nitrogens with one attached hydrogen (secondary N) is 1. The smallest absolute Gasteiger partial charge is 0.459 e. The van der Waals surface area contributed by atoms with Crippen molar-refractivity contribution in [2.75, 3.05) is 5.32 Å². The molecule has 25 heavy (non-hydrogen) atoms. The van der Waals surface area contributed by atoms with Crippen molar-refractivity contribution >= 4 is 34.1 Å². The predicted molar refractivity (Wildman–Crippen MR) is 93.4 cm³/mol. The molecular formula is C18H18ClN3O3+2. The van der Waals surface area contributed by atoms with Crippen molar-refractivity contribution in [3.8, 4) is 11.9 Å². The number of amides is 1. The Balaban J connectivity index is 1.99. The third-order valence-electron chi connectivity index (χ3n) is 3.90. The number of rotatable bonds is 4. The molecule has 1 heterocycles. The van der Waals surface area contributed by atoms with Gasteiger partial charge in [0.05, 0.1) is 0 Å². The minimum Gasteiger partial charge on any atom is -0.459 e. The summed E-state index contributed by atoms with van der Waals surface area (Å²) in [5, 5.41) is 24.6. The molecule has 0 atom stereocenters. The van der Waals surface area contributed by atoms with Crippen LogP contribution in [-0.4, -0.2) is 16.1 Å². The molecular weight excluding hydrogens is 342 g/mol. The first-order valence-electron chi connectivity index (χ1n) is 7.83. The van der Waals surface area contributed by atoms with Gasteiger partial charge >= 0.3 is 11.9 Å². The minimum absolute atomic E-state index is 0.0397. The zero-order valence-electron chi connectivity index (χ0n) is 13.6. The van der Waals surface area contributed by atoms with Crippen LogP contribution < -0.4 is 14.5 Å². The van der Waals surface area contributed by atoms with E-state index in [-0.39, 0.29) is 24.3 Å². The molecule has 0 radical (unpaired) electrons. The second-order valence-electron chi connectivity index (χ2n) is 5.53. The quantitative estimate of drug-likeness (QED) is 0.624. The normalized spacial score (nSPS) is 10.8. The summed E-state index contributed by atoms with van der Waals surface area (Å²) in [6, 6.07) is 13.7. The summed E-state index contributed by atoms with van der Waals surface area (Å²) in [4.78, 5) is 12.4. The number of hydrogen-bond acceptors (Lipinski definition) is 3. The standard InChI is InChI=1S/C18H16ClN3O3/c1-2-21-17(24)14-8-3-4-9-15(14)22(18(21)25)11-16(23)20-13-7-5-6-12(19)10-13/h3-10H,2,11H2,1H3,(H,20,23)/p+2. The monoisotopic (exact) mass is 359 g/mol. The minimum atomic E-state index is -0.318. The Morgan fingerprint density at radius 3 is 2.60 bits per heavy atom. The molecule has 0 aliphatic carbocycles. The molecule has 1 amide bonds. The van der Waals surface area contributed by atoms with Gasteiger partial charge in [0.1, 0.15) is 0 Å². The number of benzene rings is 2. The molecule has 0 saturated carbocycles. The number of para-hydroxylation sites is 1. The SMILES string of the molecule is CC[n+]1c(O)c2ccccc2[n+](CC(=O)Nc2cccc(Cl)c2)c1O. The summed E-state index contributed by atoms with van der Waals surface area (Å²) in [5.74, 6) is -0.358. The Morgan fingerprint density at radius 1 is 1.12 bits per heavy atom. The number of halogens is 1. The molecule has 0 unspecified atom stereocenters. The predicted octanol–water partition coefficient (Wildman–Crippen LogP) is 2.14. The third-order valence-corrected chi connectivity index (χ3v) is 4.14. The highest BCUT2D eigenvalue weighted by Gasteiger charge is 2.33. The van der Waals surface area contributed by atoms with Gasteiger partial charge in [-0.05, 0) is 31.2 Å². The van der Waals surface area contributed by atoms with Crippen molar-refractivity contribution in [2.45, 2.75) is 20.0 Å². The molecule has 128 valence electrons. The average Bonchev–Trinajstić information content (AvgIpc) is 2.59. The number of carbonyl (C=O) groups excluding carboxylic acids is 1. The van der Waals surface area contributed by atoms with Crippen LogP contribution >= 0.6 is 11.6 Å². The van der Waals surface area contributed by atoms with E-state index in [4.69, 9.17) is 11.6 Å². The van der Waals surface area contributed by atoms with Crippen LogP contribution in [0, 0.1) is 0 Å². The Morgan fingerprint density at radius 2 is 1.88 bits per heavy atom. The van der Waals surface area contributed by atoms with Crippen LogP contribution in [0.5, 0.6) is 11.9 Å². The molecule has 3 rings (SSSR count). The highest BCUT2D eigenvalue weighted by atomic mass is 35.5. The van der Waals surface area contributed by atoms with Crippen molar-refractivity contribution in [2.24, 2.45) is 0 Å². The number of fused-ring (bicyclic) bond motifs is 1. The number of aromatic hydroxyl groups is 2. The molecule has 7 heteroatoms. The van der Waals surface area contributed by atoms with Crippen LogP contribution in [0.1, 0.15) is 6.92 Å². The molecule has 0 fully saturated rings. The van der Waals surface area contributed by atoms with E-state index in [9.17, 15) is 15.0 Å². The number of hydrogen-bond donors (Lipinski definition) is 3. The molecule has 3 aromatic rings. The fraction of sp³-hybridized carbons (Fsp3) is 0.167. The van der Waals surface area contributed by atoms with E-state index < -0.39 is 0 Å². The largest absolute Gasteiger partial charge is 0.632 e. The second-order valence-corrected chi connectivity index (χ2v) is 5.97. The fourth-order valence-electron chi connectivity index (χ4n) is 2.75. The zero-order valence-corrected chi connectivity index (χ0v) is 14.4. The van der Waals surface area contributed by atoms with Crippen molar-refractivity contribution in [1.29, 1.82) is 0 Å². The Bertz CT molecular complexity index is 960. The summed E-state index contributed by atoms with van der Waals surface area (Å²) in [6.07, 6.45) is 0. The van der Waals surface area contributed by atoms with Gasteiger partial charge in [-0.15, -0.1) is 0 Å². The zero-order chi connectivity index (χ0) is 18.0. The molecule has 0 aliphatic rings. The van der Waals surface area contributed by atoms with E-state index in [1.165, 1.54) is 9.13 Å². The van der Waals surface area contributed by atoms with Crippen LogP contribution in [0.2, 0.25) is 5.02 Å². The lowest BCUT2D eigenvalue weighted by Crippen LogP contribution is -2.50. The van der Waals surface area contributed by atoms with Crippen LogP contribution in [0.4, 0.5) is 5.69 Å². The molecule has 2 aromatic carbocycles. The molecule has 6 nitrogen and oxygen atoms in total. The third kappa shape index (κ3) is 3.34. The van der Waals surface area contributed by atoms with Crippen molar-refractivity contribution < 1.29 is 24.1 Å². The first kappa shape index (κ1) is 17.0. The molecule has 0 saturated heterocycles. The number of aromatic nitrogens is 2. The van der Waals surface area contributed by atoms with Gasteiger partial charge in [-0.3, -0.25) is 4.79 Å². The molecule has 0 aliphatic heterocycles. The van der Waals surface area contributed by atoms with Gasteiger partial charge in [-0.25, -0.2) is 0 Å². The van der Waals surface area contributed by atoms with E-state index in [0.29, 0.717) is 28.2 Å². The lowest BCUT2D eigenvalue weighted by molar-refractivity contribution is -0.815. The average molecular weight is 360 g/mol. The summed E-state index contributed by atoms with van der Waals surface area (Å²) in [7, 11) is 0. The lowest BCUT2D eigenvalue weighted by Gasteiger charge is -2.06. The van der Waals surface area contributed by atoms with Crippen LogP contribution in [-0.2, 0) is 17.9 Å². The summed E-state index contributed by atoms with van der Waals surface area (Å²) >= 11 is 5.92. The maximum Gasteiger partial charge on any atom is 0.632 e. The second kappa shape index (κ2) is 6.94. The van der Waals surface area contributed by atoms with E-state index in [0.717, 1.165) is 0 Å². The molecule has 0 spiro atoms. The Labute approximate surface area is 149 Å². The van der Waals surface area contributed by atoms with Gasteiger partial charge in [0.15, 0.2) is 11.9 Å².